The highest BCUT2D eigenvalue weighted by Crippen LogP contribution is 2.43. The molecule has 1 aromatic carbocycles. The molecular weight excluding hydrogens is 442 g/mol. The number of carbonyl (C=O) groups excluding carboxylic acids is 1. The summed E-state index contributed by atoms with van der Waals surface area (Å²) in [6, 6.07) is 12.4. The van der Waals surface area contributed by atoms with Crippen LogP contribution >= 0.6 is 0 Å². The maximum atomic E-state index is 11.3. The van der Waals surface area contributed by atoms with Gasteiger partial charge in [0.25, 0.3) is 0 Å². The van der Waals surface area contributed by atoms with Gasteiger partial charge in [-0.2, -0.15) is 0 Å². The molecule has 7 heteroatoms. The minimum Gasteiger partial charge on any atom is -0.491 e. The van der Waals surface area contributed by atoms with Crippen LogP contribution in [0.5, 0.6) is 5.75 Å². The van der Waals surface area contributed by atoms with Crippen LogP contribution in [0.2, 0.25) is 18.1 Å². The third-order valence-electron chi connectivity index (χ3n) is 7.47. The molecule has 1 N–H and O–H groups in total. The van der Waals surface area contributed by atoms with Gasteiger partial charge in [0.2, 0.25) is 0 Å². The predicted octanol–water partition coefficient (Wildman–Crippen LogP) is 6.03. The van der Waals surface area contributed by atoms with E-state index in [2.05, 4.69) is 74.0 Å². The molecule has 0 bridgehead atoms. The summed E-state index contributed by atoms with van der Waals surface area (Å²) in [5.41, 5.74) is 2.97. The molecule has 1 aliphatic carbocycles. The highest BCUT2D eigenvalue weighted by Gasteiger charge is 2.42. The van der Waals surface area contributed by atoms with Gasteiger partial charge in [-0.3, -0.25) is 0 Å². The normalized spacial score (nSPS) is 15.4. The molecule has 0 amide bonds. The summed E-state index contributed by atoms with van der Waals surface area (Å²) < 4.78 is 14.6. The number of carbonyl (C=O) groups is 1. The highest BCUT2D eigenvalue weighted by molar-refractivity contribution is 6.74. The first-order chi connectivity index (χ1) is 16.1. The largest absolute Gasteiger partial charge is 0.491 e. The van der Waals surface area contributed by atoms with Crippen molar-refractivity contribution in [2.45, 2.75) is 51.7 Å². The Hall–Kier alpha value is -2.64. The molecule has 0 atom stereocenters. The van der Waals surface area contributed by atoms with Crippen molar-refractivity contribution >= 4 is 31.3 Å². The van der Waals surface area contributed by atoms with Crippen LogP contribution in [-0.4, -0.2) is 43.9 Å². The fourth-order valence-corrected chi connectivity index (χ4v) is 4.85. The first-order valence-electron chi connectivity index (χ1n) is 12.1. The first-order valence-corrected chi connectivity index (χ1v) is 15.0. The van der Waals surface area contributed by atoms with Crippen LogP contribution < -0.4 is 10.1 Å². The Bertz CT molecular complexity index is 1180. The Morgan fingerprint density at radius 2 is 1.91 bits per heavy atom. The van der Waals surface area contributed by atoms with Crippen molar-refractivity contribution in [1.29, 1.82) is 0 Å². The quantitative estimate of drug-likeness (QED) is 0.218. The number of hydrogen-bond acceptors (Lipinski definition) is 5. The summed E-state index contributed by atoms with van der Waals surface area (Å²) in [7, 11) is 0.260. The number of aryl methyl sites for hydroxylation is 1. The van der Waals surface area contributed by atoms with E-state index in [1.165, 1.54) is 0 Å². The highest BCUT2D eigenvalue weighted by atomic mass is 28.4. The number of ether oxygens (including phenoxy) is 1. The summed E-state index contributed by atoms with van der Waals surface area (Å²) in [6.07, 6.45) is 4.88. The lowest BCUT2D eigenvalue weighted by molar-refractivity contribution is -0.111. The summed E-state index contributed by atoms with van der Waals surface area (Å²) in [5, 5.41) is 4.62. The SMILES string of the molecule is Cn1c(-c2ccccc2OCCO[Si](C)(C)C(C)(C)C)cc2cc(NCC3(C=O)CC3)ncc21. The van der Waals surface area contributed by atoms with Crippen LogP contribution in [0.15, 0.2) is 42.6 Å². The lowest BCUT2D eigenvalue weighted by Gasteiger charge is -2.36. The zero-order valence-electron chi connectivity index (χ0n) is 21.3. The van der Waals surface area contributed by atoms with Gasteiger partial charge >= 0.3 is 0 Å². The van der Waals surface area contributed by atoms with Crippen molar-refractivity contribution in [3.63, 3.8) is 0 Å². The fourth-order valence-electron chi connectivity index (χ4n) is 3.82. The van der Waals surface area contributed by atoms with Crippen LogP contribution in [0.1, 0.15) is 33.6 Å². The van der Waals surface area contributed by atoms with Crippen molar-refractivity contribution in [2.24, 2.45) is 12.5 Å². The van der Waals surface area contributed by atoms with Gasteiger partial charge in [0.05, 0.1) is 24.0 Å². The molecule has 1 aliphatic rings. The number of anilines is 1. The van der Waals surface area contributed by atoms with Gasteiger partial charge in [-0.05, 0) is 55.2 Å². The van der Waals surface area contributed by atoms with Crippen molar-refractivity contribution in [1.82, 2.24) is 9.55 Å². The van der Waals surface area contributed by atoms with E-state index < -0.39 is 8.32 Å². The molecule has 6 nitrogen and oxygen atoms in total. The van der Waals surface area contributed by atoms with Crippen LogP contribution in [0.4, 0.5) is 5.82 Å². The average Bonchev–Trinajstić information content (AvgIpc) is 3.51. The molecule has 0 unspecified atom stereocenters. The number of aldehydes is 1. The topological polar surface area (TPSA) is 65.4 Å². The molecule has 4 rings (SSSR count). The molecule has 0 aliphatic heterocycles. The maximum Gasteiger partial charge on any atom is 0.192 e. The molecule has 0 spiro atoms. The number of hydrogen-bond donors (Lipinski definition) is 1. The molecule has 0 saturated heterocycles. The van der Waals surface area contributed by atoms with E-state index >= 15 is 0 Å². The third-order valence-corrected chi connectivity index (χ3v) is 12.0. The Balaban J connectivity index is 1.49. The molecule has 182 valence electrons. The zero-order chi connectivity index (χ0) is 24.6. The summed E-state index contributed by atoms with van der Waals surface area (Å²) in [5.74, 6) is 1.64. The second-order valence-electron chi connectivity index (χ2n) is 11.0. The number of nitrogens with one attached hydrogen (secondary N) is 1. The monoisotopic (exact) mass is 479 g/mol. The standard InChI is InChI=1S/C27H37N3O3Si/c1-26(2,3)34(5,6)33-14-13-32-24-10-8-7-9-21(24)22-15-20-16-25(28-17-23(20)30(22)4)29-18-27(19-31)11-12-27/h7-10,15-17,19H,11-14,18H2,1-6H3,(H,28,29). The van der Waals surface area contributed by atoms with E-state index in [4.69, 9.17) is 9.16 Å². The van der Waals surface area contributed by atoms with Gasteiger partial charge in [-0.25, -0.2) is 4.98 Å². The Morgan fingerprint density at radius 3 is 2.59 bits per heavy atom. The maximum absolute atomic E-state index is 11.3. The van der Waals surface area contributed by atoms with E-state index in [0.29, 0.717) is 19.8 Å². The van der Waals surface area contributed by atoms with E-state index in [0.717, 1.165) is 52.9 Å². The van der Waals surface area contributed by atoms with Gasteiger partial charge in [0, 0.05) is 30.0 Å². The molecule has 1 saturated carbocycles. The molecule has 1 fully saturated rings. The first kappa shape index (κ1) is 24.5. The number of aromatic nitrogens is 2. The zero-order valence-corrected chi connectivity index (χ0v) is 22.3. The summed E-state index contributed by atoms with van der Waals surface area (Å²) in [6.45, 7) is 13.0. The molecule has 34 heavy (non-hydrogen) atoms. The number of rotatable bonds is 10. The van der Waals surface area contributed by atoms with Crippen LogP contribution in [-0.2, 0) is 16.3 Å². The van der Waals surface area contributed by atoms with Crippen LogP contribution in [0.3, 0.4) is 0 Å². The van der Waals surface area contributed by atoms with E-state index in [1.807, 2.05) is 24.4 Å². The minimum atomic E-state index is -1.79. The van der Waals surface area contributed by atoms with Crippen molar-refractivity contribution in [3.8, 4) is 17.0 Å². The number of pyridine rings is 1. The van der Waals surface area contributed by atoms with Gasteiger partial charge in [0.15, 0.2) is 8.32 Å². The number of benzene rings is 1. The Kier molecular flexibility index (Phi) is 6.62. The lowest BCUT2D eigenvalue weighted by atomic mass is 10.1. The van der Waals surface area contributed by atoms with Gasteiger partial charge < -0.3 is 23.8 Å². The van der Waals surface area contributed by atoms with E-state index in [9.17, 15) is 4.79 Å². The number of para-hydroxylation sites is 1. The number of nitrogens with zero attached hydrogens (tertiary/aromatic N) is 2. The Labute approximate surface area is 203 Å². The van der Waals surface area contributed by atoms with Crippen molar-refractivity contribution in [2.75, 3.05) is 25.1 Å². The van der Waals surface area contributed by atoms with Gasteiger partial charge in [0.1, 0.15) is 24.5 Å². The molecule has 0 radical (unpaired) electrons. The van der Waals surface area contributed by atoms with Gasteiger partial charge in [-0.1, -0.05) is 32.9 Å². The molecule has 3 aromatic rings. The number of fused-ring (bicyclic) bond motifs is 1. The minimum absolute atomic E-state index is 0.183. The summed E-state index contributed by atoms with van der Waals surface area (Å²) in [4.78, 5) is 15.8. The Morgan fingerprint density at radius 1 is 1.18 bits per heavy atom. The summed E-state index contributed by atoms with van der Waals surface area (Å²) >= 11 is 0. The molecule has 2 heterocycles. The van der Waals surface area contributed by atoms with Crippen molar-refractivity contribution in [3.05, 3.63) is 42.6 Å². The van der Waals surface area contributed by atoms with E-state index in [-0.39, 0.29) is 10.5 Å². The average molecular weight is 480 g/mol. The second-order valence-corrected chi connectivity index (χ2v) is 15.8. The third kappa shape index (κ3) is 5.05. The predicted molar refractivity (Wildman–Crippen MR) is 141 cm³/mol. The van der Waals surface area contributed by atoms with Crippen LogP contribution in [0, 0.1) is 5.41 Å². The molecule has 2 aromatic heterocycles. The van der Waals surface area contributed by atoms with Gasteiger partial charge in [-0.15, -0.1) is 0 Å². The van der Waals surface area contributed by atoms with Crippen molar-refractivity contribution < 1.29 is 14.0 Å². The van der Waals surface area contributed by atoms with E-state index in [1.54, 1.807) is 0 Å². The smallest absolute Gasteiger partial charge is 0.192 e. The molecular formula is C27H37N3O3Si. The lowest BCUT2D eigenvalue weighted by Crippen LogP contribution is -2.41. The van der Waals surface area contributed by atoms with Crippen LogP contribution in [0.25, 0.3) is 22.2 Å². The fraction of sp³-hybridized carbons (Fsp3) is 0.481. The second kappa shape index (κ2) is 9.19.